The molecule has 0 aromatic heterocycles. The molecule has 13 heteroatoms. The predicted octanol–water partition coefficient (Wildman–Crippen LogP) is 10.6. The minimum Gasteiger partial charge on any atom is -0.382 e. The van der Waals surface area contributed by atoms with Crippen LogP contribution < -0.4 is 9.62 Å². The molecular weight excluding hydrogens is 992 g/mol. The van der Waals surface area contributed by atoms with Crippen molar-refractivity contribution in [2.75, 3.05) is 87.6 Å². The van der Waals surface area contributed by atoms with E-state index in [1.807, 2.05) is 30.3 Å². The zero-order valence-electron chi connectivity index (χ0n) is 44.5. The quantitative estimate of drug-likeness (QED) is 0.0896. The summed E-state index contributed by atoms with van der Waals surface area (Å²) in [5.74, 6) is 1.19. The Labute approximate surface area is 454 Å². The van der Waals surface area contributed by atoms with Crippen LogP contribution in [0.4, 0.5) is 11.4 Å². The molecule has 6 aromatic carbocycles. The van der Waals surface area contributed by atoms with Crippen LogP contribution in [0, 0.1) is 22.7 Å². The van der Waals surface area contributed by atoms with Crippen LogP contribution in [0.1, 0.15) is 48.9 Å². The van der Waals surface area contributed by atoms with Gasteiger partial charge in [0.25, 0.3) is 0 Å². The van der Waals surface area contributed by atoms with Gasteiger partial charge in [-0.15, -0.1) is 0 Å². The number of benzene rings is 6. The zero-order chi connectivity index (χ0) is 52.9. The first kappa shape index (κ1) is 56.2. The molecule has 6 unspecified atom stereocenters. The minimum atomic E-state index is -3.46. The number of nitrogens with one attached hydrogen (secondary N) is 1. The van der Waals surface area contributed by atoms with E-state index in [-0.39, 0.29) is 16.9 Å². The molecule has 4 heterocycles. The van der Waals surface area contributed by atoms with E-state index >= 15 is 0 Å². The molecule has 4 aliphatic rings. The van der Waals surface area contributed by atoms with E-state index in [0.717, 1.165) is 96.0 Å². The molecule has 0 spiro atoms. The van der Waals surface area contributed by atoms with Crippen molar-refractivity contribution < 1.29 is 16.8 Å². The van der Waals surface area contributed by atoms with Crippen molar-refractivity contribution in [3.63, 3.8) is 0 Å². The van der Waals surface area contributed by atoms with E-state index in [0.29, 0.717) is 12.0 Å². The SMILES string of the molecule is CC(N(c1ccccc1)S(C)(=O)=O)C12CN(CCc3ccccc3)CCC1CN(Cc1ccccc1)C2.CC(Nc1ccccc1)C12CN(CCc3ccccc3)CCC1CN(Cc1ccccc1)C2.CS(=O)(=O)Cl. The lowest BCUT2D eigenvalue weighted by molar-refractivity contribution is 0.0449. The van der Waals surface area contributed by atoms with Gasteiger partial charge in [0, 0.05) is 98.7 Å². The molecular formula is C62H79ClN6O4S2. The van der Waals surface area contributed by atoms with Gasteiger partial charge in [0.05, 0.1) is 24.2 Å². The van der Waals surface area contributed by atoms with Crippen LogP contribution in [0.15, 0.2) is 182 Å². The van der Waals surface area contributed by atoms with Crippen LogP contribution in [0.25, 0.3) is 0 Å². The fourth-order valence-corrected chi connectivity index (χ4v) is 14.1. The highest BCUT2D eigenvalue weighted by Gasteiger charge is 2.56. The summed E-state index contributed by atoms with van der Waals surface area (Å²) in [6, 6.07) is 63.9. The first-order valence-electron chi connectivity index (χ1n) is 26.9. The summed E-state index contributed by atoms with van der Waals surface area (Å²) in [5.41, 5.74) is 7.65. The van der Waals surface area contributed by atoms with E-state index in [1.54, 1.807) is 4.31 Å². The third-order valence-corrected chi connectivity index (χ3v) is 17.7. The highest BCUT2D eigenvalue weighted by molar-refractivity contribution is 8.13. The number of rotatable bonds is 17. The summed E-state index contributed by atoms with van der Waals surface area (Å²) in [6.45, 7) is 17.3. The Morgan fingerprint density at radius 3 is 1.29 bits per heavy atom. The number of piperidine rings is 2. The molecule has 0 amide bonds. The molecule has 10 nitrogen and oxygen atoms in total. The third kappa shape index (κ3) is 15.6. The maximum absolute atomic E-state index is 13.3. The zero-order valence-corrected chi connectivity index (χ0v) is 46.9. The molecule has 0 saturated carbocycles. The van der Waals surface area contributed by atoms with Gasteiger partial charge in [-0.25, -0.2) is 16.8 Å². The molecule has 1 N–H and O–H groups in total. The Balaban J connectivity index is 0.000000184. The number of sulfonamides is 1. The van der Waals surface area contributed by atoms with Gasteiger partial charge in [0.15, 0.2) is 0 Å². The number of anilines is 2. The Kier molecular flexibility index (Phi) is 19.4. The second-order valence-electron chi connectivity index (χ2n) is 21.8. The van der Waals surface area contributed by atoms with E-state index in [9.17, 15) is 16.8 Å². The van der Waals surface area contributed by atoms with Gasteiger partial charge in [-0.2, -0.15) is 0 Å². The van der Waals surface area contributed by atoms with Crippen molar-refractivity contribution in [3.05, 3.63) is 204 Å². The van der Waals surface area contributed by atoms with Gasteiger partial charge in [0.2, 0.25) is 19.1 Å². The van der Waals surface area contributed by atoms with Crippen molar-refractivity contribution in [1.29, 1.82) is 0 Å². The molecule has 6 atom stereocenters. The van der Waals surface area contributed by atoms with Crippen LogP contribution in [-0.2, 0) is 45.0 Å². The van der Waals surface area contributed by atoms with E-state index in [4.69, 9.17) is 0 Å². The summed E-state index contributed by atoms with van der Waals surface area (Å²) < 4.78 is 47.0. The van der Waals surface area contributed by atoms with Gasteiger partial charge < -0.3 is 15.1 Å². The largest absolute Gasteiger partial charge is 0.382 e. The molecule has 4 aliphatic heterocycles. The first-order chi connectivity index (χ1) is 36.1. The van der Waals surface area contributed by atoms with Crippen LogP contribution in [0.3, 0.4) is 0 Å². The third-order valence-electron chi connectivity index (χ3n) is 16.4. The standard InChI is InChI=1S/C31H39N3O2S.C30H37N3.CH3ClO2S/c1-26(34(37(2,35)36)30-16-10-5-11-17-30)31-24-32(20-18-27-12-6-3-7-13-27)21-19-29(31)23-33(25-31)22-28-14-8-4-9-15-28;1-25(31-29-15-9-4-10-16-29)30-23-32(19-17-26-11-5-2-6-12-26)20-18-28(30)22-33(24-30)21-27-13-7-3-8-14-27;1-5(2,3)4/h3-17,26,29H,18-25H2,1-2H3;2-16,25,28,31H,17-24H2,1H3;1H3. The van der Waals surface area contributed by atoms with E-state index in [1.165, 1.54) is 60.3 Å². The summed E-state index contributed by atoms with van der Waals surface area (Å²) in [6.07, 6.45) is 6.81. The molecule has 6 aromatic rings. The number of halogens is 1. The fraction of sp³-hybridized carbons (Fsp3) is 0.419. The molecule has 0 radical (unpaired) electrons. The van der Waals surface area contributed by atoms with Crippen molar-refractivity contribution >= 4 is 41.1 Å². The minimum absolute atomic E-state index is 0.150. The number of hydrogen-bond donors (Lipinski definition) is 1. The van der Waals surface area contributed by atoms with Gasteiger partial charge in [-0.1, -0.05) is 158 Å². The lowest BCUT2D eigenvalue weighted by atomic mass is 9.68. The average Bonchev–Trinajstić information content (AvgIpc) is 3.97. The average molecular weight is 1070 g/mol. The molecule has 10 rings (SSSR count). The summed E-state index contributed by atoms with van der Waals surface area (Å²) >= 11 is 0. The Hall–Kier alpha value is -5.05. The van der Waals surface area contributed by atoms with Gasteiger partial charge >= 0.3 is 0 Å². The highest BCUT2D eigenvalue weighted by atomic mass is 35.7. The van der Waals surface area contributed by atoms with Crippen molar-refractivity contribution in [3.8, 4) is 0 Å². The first-order valence-corrected chi connectivity index (χ1v) is 31.4. The normalized spacial score (nSPS) is 23.1. The molecule has 400 valence electrons. The molecule has 4 saturated heterocycles. The van der Waals surface area contributed by atoms with Gasteiger partial charge in [0.1, 0.15) is 0 Å². The van der Waals surface area contributed by atoms with Crippen molar-refractivity contribution in [2.45, 2.75) is 64.7 Å². The monoisotopic (exact) mass is 1070 g/mol. The maximum atomic E-state index is 13.3. The van der Waals surface area contributed by atoms with Gasteiger partial charge in [-0.3, -0.25) is 14.1 Å². The topological polar surface area (TPSA) is 96.5 Å². The van der Waals surface area contributed by atoms with Crippen molar-refractivity contribution in [1.82, 2.24) is 19.6 Å². The Morgan fingerprint density at radius 2 is 0.867 bits per heavy atom. The van der Waals surface area contributed by atoms with Crippen LogP contribution in [-0.4, -0.2) is 126 Å². The fourth-order valence-electron chi connectivity index (χ4n) is 12.8. The Bertz CT molecular complexity index is 2870. The van der Waals surface area contributed by atoms with Crippen LogP contribution >= 0.6 is 10.7 Å². The van der Waals surface area contributed by atoms with E-state index in [2.05, 4.69) is 201 Å². The maximum Gasteiger partial charge on any atom is 0.232 e. The second kappa shape index (κ2) is 25.9. The number of nitrogens with zero attached hydrogens (tertiary/aromatic N) is 5. The van der Waals surface area contributed by atoms with Crippen LogP contribution in [0.5, 0.6) is 0 Å². The molecule has 0 bridgehead atoms. The molecule has 75 heavy (non-hydrogen) atoms. The smallest absolute Gasteiger partial charge is 0.232 e. The van der Waals surface area contributed by atoms with Crippen molar-refractivity contribution in [2.24, 2.45) is 22.7 Å². The molecule has 0 aliphatic carbocycles. The number of hydrogen-bond acceptors (Lipinski definition) is 9. The predicted molar refractivity (Wildman–Crippen MR) is 311 cm³/mol. The lowest BCUT2D eigenvalue weighted by Gasteiger charge is -2.50. The number of para-hydroxylation sites is 2. The lowest BCUT2D eigenvalue weighted by Crippen LogP contribution is -2.60. The summed E-state index contributed by atoms with van der Waals surface area (Å²) in [7, 11) is -2.16. The number of likely N-dealkylation sites (tertiary alicyclic amines) is 4. The van der Waals surface area contributed by atoms with E-state index < -0.39 is 19.1 Å². The van der Waals surface area contributed by atoms with Crippen LogP contribution in [0.2, 0.25) is 0 Å². The number of fused-ring (bicyclic) bond motifs is 2. The summed E-state index contributed by atoms with van der Waals surface area (Å²) in [4.78, 5) is 10.6. The Morgan fingerprint density at radius 1 is 0.520 bits per heavy atom. The van der Waals surface area contributed by atoms with Gasteiger partial charge in [-0.05, 0) is 111 Å². The molecule has 4 fully saturated rings. The second-order valence-corrected chi connectivity index (χ2v) is 26.7. The summed E-state index contributed by atoms with van der Waals surface area (Å²) in [5, 5.41) is 3.90. The highest BCUT2D eigenvalue weighted by Crippen LogP contribution is 2.49.